The molecule has 0 aromatic heterocycles. The monoisotopic (exact) mass is 484 g/mol. The molecular formula is C32H52O3. The maximum Gasteiger partial charge on any atom is 0.302 e. The zero-order valence-electron chi connectivity index (χ0n) is 24.2. The number of hydrogen-bond donors (Lipinski definition) is 0. The fourth-order valence-corrected chi connectivity index (χ4v) is 9.89. The van der Waals surface area contributed by atoms with Crippen molar-refractivity contribution in [3.63, 3.8) is 0 Å². The van der Waals surface area contributed by atoms with Crippen LogP contribution in [-0.4, -0.2) is 17.9 Å². The summed E-state index contributed by atoms with van der Waals surface area (Å²) in [6, 6.07) is 0. The highest BCUT2D eigenvalue weighted by Crippen LogP contribution is 2.72. The first-order valence-corrected chi connectivity index (χ1v) is 14.6. The molecule has 4 rings (SSSR count). The Morgan fingerprint density at radius 3 is 2.23 bits per heavy atom. The molecule has 4 aliphatic carbocycles. The van der Waals surface area contributed by atoms with E-state index in [1.807, 2.05) is 13.8 Å². The molecule has 2 saturated carbocycles. The molecule has 2 fully saturated rings. The average molecular weight is 485 g/mol. The van der Waals surface area contributed by atoms with Crippen LogP contribution in [0.15, 0.2) is 11.1 Å². The lowest BCUT2D eigenvalue weighted by Gasteiger charge is -2.62. The molecule has 0 aliphatic heterocycles. The Morgan fingerprint density at radius 1 is 0.914 bits per heavy atom. The van der Waals surface area contributed by atoms with E-state index in [4.69, 9.17) is 4.74 Å². The molecule has 198 valence electrons. The van der Waals surface area contributed by atoms with E-state index in [2.05, 4.69) is 41.5 Å². The number of fused-ring (bicyclic) bond motifs is 4. The van der Waals surface area contributed by atoms with Gasteiger partial charge in [-0.2, -0.15) is 0 Å². The first-order valence-electron chi connectivity index (χ1n) is 14.6. The lowest BCUT2D eigenvalue weighted by atomic mass is 9.43. The van der Waals surface area contributed by atoms with Crippen molar-refractivity contribution in [2.24, 2.45) is 45.3 Å². The van der Waals surface area contributed by atoms with E-state index in [1.165, 1.54) is 38.5 Å². The first kappa shape index (κ1) is 26.9. The summed E-state index contributed by atoms with van der Waals surface area (Å²) in [5.41, 5.74) is 4.44. The van der Waals surface area contributed by atoms with Crippen molar-refractivity contribution in [3.05, 3.63) is 11.1 Å². The lowest BCUT2D eigenvalue weighted by Crippen LogP contribution is -2.55. The van der Waals surface area contributed by atoms with Crippen LogP contribution in [0.5, 0.6) is 0 Å². The molecular weight excluding hydrogens is 432 g/mol. The van der Waals surface area contributed by atoms with Crippen LogP contribution in [0.25, 0.3) is 0 Å². The van der Waals surface area contributed by atoms with Crippen molar-refractivity contribution >= 4 is 11.8 Å². The maximum absolute atomic E-state index is 12.3. The van der Waals surface area contributed by atoms with E-state index < -0.39 is 0 Å². The van der Waals surface area contributed by atoms with Gasteiger partial charge in [-0.3, -0.25) is 9.59 Å². The molecule has 4 aliphatic rings. The molecule has 35 heavy (non-hydrogen) atoms. The minimum Gasteiger partial charge on any atom is -0.462 e. The van der Waals surface area contributed by atoms with Gasteiger partial charge in [-0.15, -0.1) is 0 Å². The van der Waals surface area contributed by atoms with Gasteiger partial charge in [0.2, 0.25) is 0 Å². The summed E-state index contributed by atoms with van der Waals surface area (Å²) >= 11 is 0. The Morgan fingerprint density at radius 2 is 1.60 bits per heavy atom. The lowest BCUT2D eigenvalue weighted by molar-refractivity contribution is -0.167. The van der Waals surface area contributed by atoms with Crippen LogP contribution in [0.1, 0.15) is 127 Å². The fourth-order valence-electron chi connectivity index (χ4n) is 9.89. The second-order valence-corrected chi connectivity index (χ2v) is 14.5. The van der Waals surface area contributed by atoms with Gasteiger partial charge < -0.3 is 4.74 Å². The summed E-state index contributed by atoms with van der Waals surface area (Å²) < 4.78 is 5.86. The molecule has 0 radical (unpaired) electrons. The predicted octanol–water partition coefficient (Wildman–Crippen LogP) is 8.31. The molecule has 0 amide bonds. The molecule has 0 bridgehead atoms. The molecule has 0 spiro atoms. The summed E-state index contributed by atoms with van der Waals surface area (Å²) in [7, 11) is 0. The number of esters is 1. The van der Waals surface area contributed by atoms with Gasteiger partial charge in [-0.25, -0.2) is 0 Å². The molecule has 3 heteroatoms. The molecule has 3 nitrogen and oxygen atoms in total. The quantitative estimate of drug-likeness (QED) is 0.281. The standard InChI is InChI=1S/C32H52O3/c1-20(2)26(34)12-10-21(3)23-14-18-32(9)25-11-13-27-29(5,6)28(35-22(4)33)16-17-30(27,7)24(25)15-19-31(23,32)8/h20-21,23,27-28H,10-19H2,1-9H3/t21-,23-,27+,28+,30-,31-,32+/m1/s1. The highest BCUT2D eigenvalue weighted by molar-refractivity contribution is 5.80. The Labute approximate surface area is 215 Å². The van der Waals surface area contributed by atoms with Crippen molar-refractivity contribution in [1.29, 1.82) is 0 Å². The zero-order chi connectivity index (χ0) is 26.0. The van der Waals surface area contributed by atoms with E-state index in [0.29, 0.717) is 29.0 Å². The third-order valence-corrected chi connectivity index (χ3v) is 12.2. The van der Waals surface area contributed by atoms with E-state index in [1.54, 1.807) is 18.1 Å². The number of carbonyl (C=O) groups excluding carboxylic acids is 2. The SMILES string of the molecule is CC(=O)O[C@H]1CC[C@]2(C)C3=C(CC[C@H]2C1(C)C)[C@]1(C)CC[C@H]([C@H](C)CCC(=O)C(C)C)[C@@]1(C)CC3. The van der Waals surface area contributed by atoms with Gasteiger partial charge in [0.1, 0.15) is 11.9 Å². The van der Waals surface area contributed by atoms with Gasteiger partial charge in [0.25, 0.3) is 0 Å². The summed E-state index contributed by atoms with van der Waals surface area (Å²) in [6.07, 6.45) is 11.5. The summed E-state index contributed by atoms with van der Waals surface area (Å²) in [5, 5.41) is 0. The number of carbonyl (C=O) groups is 2. The van der Waals surface area contributed by atoms with Crippen LogP contribution < -0.4 is 0 Å². The maximum atomic E-state index is 12.3. The van der Waals surface area contributed by atoms with Crippen LogP contribution in [0, 0.1) is 45.3 Å². The van der Waals surface area contributed by atoms with Crippen LogP contribution in [0.3, 0.4) is 0 Å². The zero-order valence-corrected chi connectivity index (χ0v) is 24.2. The molecule has 0 aromatic carbocycles. The van der Waals surface area contributed by atoms with E-state index in [0.717, 1.165) is 25.7 Å². The van der Waals surface area contributed by atoms with Crippen LogP contribution in [-0.2, 0) is 14.3 Å². The smallest absolute Gasteiger partial charge is 0.302 e. The average Bonchev–Trinajstić information content (AvgIpc) is 3.05. The van der Waals surface area contributed by atoms with Crippen molar-refractivity contribution in [2.45, 2.75) is 133 Å². The molecule has 7 atom stereocenters. The molecule has 0 unspecified atom stereocenters. The first-order chi connectivity index (χ1) is 16.2. The number of Topliss-reactive ketones (excluding diaryl/α,β-unsaturated/α-hetero) is 1. The Bertz CT molecular complexity index is 896. The normalized spacial score (nSPS) is 41.1. The molecule has 0 N–H and O–H groups in total. The van der Waals surface area contributed by atoms with E-state index in [9.17, 15) is 9.59 Å². The van der Waals surface area contributed by atoms with Crippen molar-refractivity contribution in [1.82, 2.24) is 0 Å². The van der Waals surface area contributed by atoms with Crippen molar-refractivity contribution < 1.29 is 14.3 Å². The summed E-state index contributed by atoms with van der Waals surface area (Å²) in [4.78, 5) is 24.2. The van der Waals surface area contributed by atoms with Gasteiger partial charge >= 0.3 is 5.97 Å². The second kappa shape index (κ2) is 9.02. The number of ketones is 1. The van der Waals surface area contributed by atoms with Crippen LogP contribution >= 0.6 is 0 Å². The Balaban J connectivity index is 1.61. The van der Waals surface area contributed by atoms with Gasteiger partial charge in [0, 0.05) is 24.7 Å². The van der Waals surface area contributed by atoms with Gasteiger partial charge in [0.15, 0.2) is 0 Å². The largest absolute Gasteiger partial charge is 0.462 e. The van der Waals surface area contributed by atoms with Crippen LogP contribution in [0.4, 0.5) is 0 Å². The van der Waals surface area contributed by atoms with E-state index in [-0.39, 0.29) is 34.2 Å². The number of hydrogen-bond acceptors (Lipinski definition) is 3. The fraction of sp³-hybridized carbons (Fsp3) is 0.875. The summed E-state index contributed by atoms with van der Waals surface area (Å²) in [6.45, 7) is 20.5. The number of ether oxygens (including phenoxy) is 1. The minimum absolute atomic E-state index is 0.00846. The highest BCUT2D eigenvalue weighted by atomic mass is 16.5. The van der Waals surface area contributed by atoms with Crippen molar-refractivity contribution in [3.8, 4) is 0 Å². The Kier molecular flexibility index (Phi) is 6.94. The van der Waals surface area contributed by atoms with Crippen molar-refractivity contribution in [2.75, 3.05) is 0 Å². The number of rotatable bonds is 6. The van der Waals surface area contributed by atoms with Gasteiger partial charge in [0.05, 0.1) is 0 Å². The third kappa shape index (κ3) is 4.06. The summed E-state index contributed by atoms with van der Waals surface area (Å²) in [5.74, 6) is 2.34. The molecule has 0 aromatic rings. The predicted molar refractivity (Wildman–Crippen MR) is 143 cm³/mol. The number of allylic oxidation sites excluding steroid dienone is 2. The molecule has 0 saturated heterocycles. The second-order valence-electron chi connectivity index (χ2n) is 14.5. The Hall–Kier alpha value is -1.12. The highest BCUT2D eigenvalue weighted by Gasteiger charge is 2.63. The van der Waals surface area contributed by atoms with Crippen LogP contribution in [0.2, 0.25) is 0 Å². The minimum atomic E-state index is -0.135. The van der Waals surface area contributed by atoms with Gasteiger partial charge in [-0.1, -0.05) is 66.5 Å². The van der Waals surface area contributed by atoms with Gasteiger partial charge in [-0.05, 0) is 91.8 Å². The molecule has 0 heterocycles. The third-order valence-electron chi connectivity index (χ3n) is 12.2. The van der Waals surface area contributed by atoms with E-state index >= 15 is 0 Å². The topological polar surface area (TPSA) is 43.4 Å².